The van der Waals surface area contributed by atoms with Crippen LogP contribution in [0.5, 0.6) is 0 Å². The first-order valence-electron chi connectivity index (χ1n) is 26.0. The number of rotatable bonds is 47. The second-order valence-corrected chi connectivity index (χ2v) is 17.5. The maximum absolute atomic E-state index is 12.8. The summed E-state index contributed by atoms with van der Waals surface area (Å²) in [5, 5.41) is 0. The molecule has 60 heavy (non-hydrogen) atoms. The number of unbranched alkanes of at least 4 members (excludes halogenated alkanes) is 32. The molecule has 350 valence electrons. The van der Waals surface area contributed by atoms with Gasteiger partial charge in [-0.1, -0.05) is 243 Å². The number of ether oxygens (including phenoxy) is 3. The van der Waals surface area contributed by atoms with Gasteiger partial charge in [-0.25, -0.2) is 0 Å². The molecule has 0 heterocycles. The summed E-state index contributed by atoms with van der Waals surface area (Å²) in [5.74, 6) is -0.885. The van der Waals surface area contributed by atoms with Gasteiger partial charge in [-0.2, -0.15) is 0 Å². The van der Waals surface area contributed by atoms with E-state index in [9.17, 15) is 14.4 Å². The Morgan fingerprint density at radius 2 is 0.600 bits per heavy atom. The van der Waals surface area contributed by atoms with Crippen molar-refractivity contribution in [2.75, 3.05) is 13.2 Å². The third-order valence-corrected chi connectivity index (χ3v) is 11.5. The van der Waals surface area contributed by atoms with Crippen molar-refractivity contribution in [1.82, 2.24) is 0 Å². The molecule has 0 fully saturated rings. The van der Waals surface area contributed by atoms with Crippen LogP contribution in [-0.2, 0) is 28.6 Å². The Labute approximate surface area is 372 Å². The lowest BCUT2D eigenvalue weighted by Gasteiger charge is -2.18. The van der Waals surface area contributed by atoms with Crippen LogP contribution in [0.3, 0.4) is 0 Å². The highest BCUT2D eigenvalue weighted by Crippen LogP contribution is 2.16. The quantitative estimate of drug-likeness (QED) is 0.0263. The Balaban J connectivity index is 4.35. The number of hydrogen-bond donors (Lipinski definition) is 0. The van der Waals surface area contributed by atoms with Gasteiger partial charge in [0.25, 0.3) is 0 Å². The SMILES string of the molecule is CCCCCCC\C=C/C=C\C=C/CCCCCCCC(=O)OCC(COC(=O)CCCCCCCCCCCC)OC(=O)CCCCCCCCCCCCCCCC. The molecular formula is C54H98O6. The monoisotopic (exact) mass is 843 g/mol. The van der Waals surface area contributed by atoms with Crippen LogP contribution in [0, 0.1) is 0 Å². The average Bonchev–Trinajstić information content (AvgIpc) is 3.24. The zero-order chi connectivity index (χ0) is 43.7. The Bertz CT molecular complexity index is 1020. The number of esters is 3. The Morgan fingerprint density at radius 1 is 0.333 bits per heavy atom. The summed E-state index contributed by atoms with van der Waals surface area (Å²) < 4.78 is 16.8. The fourth-order valence-corrected chi connectivity index (χ4v) is 7.50. The van der Waals surface area contributed by atoms with Gasteiger partial charge in [0.2, 0.25) is 0 Å². The van der Waals surface area contributed by atoms with E-state index in [1.54, 1.807) is 0 Å². The lowest BCUT2D eigenvalue weighted by molar-refractivity contribution is -0.167. The molecule has 0 rings (SSSR count). The molecule has 1 atom stereocenters. The van der Waals surface area contributed by atoms with E-state index in [1.165, 1.54) is 154 Å². The standard InChI is InChI=1S/C54H98O6/c1-4-7-10-13-16-19-22-24-26-27-28-29-31-32-35-38-41-44-47-53(56)59-50-51(49-58-52(55)46-43-40-37-34-21-18-15-12-9-6-3)60-54(57)48-45-42-39-36-33-30-25-23-20-17-14-11-8-5-2/h22,24,26-29,51H,4-21,23,25,30-50H2,1-3H3/b24-22-,27-26-,29-28-. The molecule has 0 saturated carbocycles. The van der Waals surface area contributed by atoms with Gasteiger partial charge in [0, 0.05) is 19.3 Å². The van der Waals surface area contributed by atoms with E-state index in [0.29, 0.717) is 19.3 Å². The molecule has 6 heteroatoms. The summed E-state index contributed by atoms with van der Waals surface area (Å²) in [4.78, 5) is 37.9. The molecule has 0 aromatic carbocycles. The van der Waals surface area contributed by atoms with Crippen LogP contribution in [0.15, 0.2) is 36.5 Å². The van der Waals surface area contributed by atoms with Gasteiger partial charge < -0.3 is 14.2 Å². The van der Waals surface area contributed by atoms with Crippen molar-refractivity contribution < 1.29 is 28.6 Å². The Hall–Kier alpha value is -2.37. The minimum atomic E-state index is -0.774. The molecule has 0 radical (unpaired) electrons. The van der Waals surface area contributed by atoms with E-state index in [1.807, 2.05) is 0 Å². The predicted molar refractivity (Wildman–Crippen MR) is 256 cm³/mol. The van der Waals surface area contributed by atoms with E-state index in [2.05, 4.69) is 57.2 Å². The normalized spacial score (nSPS) is 12.2. The lowest BCUT2D eigenvalue weighted by atomic mass is 10.0. The van der Waals surface area contributed by atoms with Crippen LogP contribution in [0.25, 0.3) is 0 Å². The Morgan fingerprint density at radius 3 is 0.917 bits per heavy atom. The first kappa shape index (κ1) is 57.6. The van der Waals surface area contributed by atoms with Crippen LogP contribution < -0.4 is 0 Å². The van der Waals surface area contributed by atoms with Gasteiger partial charge in [-0.3, -0.25) is 14.4 Å². The smallest absolute Gasteiger partial charge is 0.306 e. The summed E-state index contributed by atoms with van der Waals surface area (Å²) in [7, 11) is 0. The molecular weight excluding hydrogens is 745 g/mol. The molecule has 0 aliphatic heterocycles. The number of carbonyl (C=O) groups is 3. The van der Waals surface area contributed by atoms with E-state index in [0.717, 1.165) is 77.0 Å². The average molecular weight is 843 g/mol. The minimum absolute atomic E-state index is 0.0749. The van der Waals surface area contributed by atoms with Gasteiger partial charge in [-0.15, -0.1) is 0 Å². The van der Waals surface area contributed by atoms with Gasteiger partial charge in [0.05, 0.1) is 0 Å². The zero-order valence-electron chi connectivity index (χ0n) is 40.0. The molecule has 0 aliphatic rings. The summed E-state index contributed by atoms with van der Waals surface area (Å²) in [5.41, 5.74) is 0. The van der Waals surface area contributed by atoms with E-state index >= 15 is 0 Å². The first-order valence-corrected chi connectivity index (χ1v) is 26.0. The fraction of sp³-hybridized carbons (Fsp3) is 0.833. The van der Waals surface area contributed by atoms with E-state index < -0.39 is 6.10 Å². The second-order valence-electron chi connectivity index (χ2n) is 17.5. The molecule has 0 N–H and O–H groups in total. The van der Waals surface area contributed by atoms with Crippen molar-refractivity contribution in [2.45, 2.75) is 277 Å². The van der Waals surface area contributed by atoms with Crippen molar-refractivity contribution in [1.29, 1.82) is 0 Å². The summed E-state index contributed by atoms with van der Waals surface area (Å²) in [6, 6.07) is 0. The molecule has 0 spiro atoms. The van der Waals surface area contributed by atoms with Gasteiger partial charge in [0.1, 0.15) is 13.2 Å². The molecule has 6 nitrogen and oxygen atoms in total. The molecule has 0 saturated heterocycles. The van der Waals surface area contributed by atoms with Crippen LogP contribution in [0.2, 0.25) is 0 Å². The first-order chi connectivity index (χ1) is 29.5. The molecule has 1 unspecified atom stereocenters. The summed E-state index contributed by atoms with van der Waals surface area (Å²) in [6.07, 6.45) is 56.9. The van der Waals surface area contributed by atoms with Crippen molar-refractivity contribution in [3.8, 4) is 0 Å². The molecule has 0 bridgehead atoms. The van der Waals surface area contributed by atoms with Crippen molar-refractivity contribution >= 4 is 17.9 Å². The van der Waals surface area contributed by atoms with Gasteiger partial charge >= 0.3 is 17.9 Å². The third kappa shape index (κ3) is 46.7. The van der Waals surface area contributed by atoms with Crippen LogP contribution in [0.1, 0.15) is 271 Å². The molecule has 0 aliphatic carbocycles. The highest BCUT2D eigenvalue weighted by molar-refractivity contribution is 5.71. The molecule has 0 aromatic rings. The maximum Gasteiger partial charge on any atom is 0.306 e. The maximum atomic E-state index is 12.8. The largest absolute Gasteiger partial charge is 0.462 e. The van der Waals surface area contributed by atoms with Crippen LogP contribution in [-0.4, -0.2) is 37.2 Å². The van der Waals surface area contributed by atoms with Crippen LogP contribution in [0.4, 0.5) is 0 Å². The fourth-order valence-electron chi connectivity index (χ4n) is 7.50. The highest BCUT2D eigenvalue weighted by atomic mass is 16.6. The number of allylic oxidation sites excluding steroid dienone is 6. The predicted octanol–water partition coefficient (Wildman–Crippen LogP) is 16.9. The summed E-state index contributed by atoms with van der Waals surface area (Å²) >= 11 is 0. The Kier molecular flexibility index (Phi) is 47.3. The number of carbonyl (C=O) groups excluding carboxylic acids is 3. The summed E-state index contributed by atoms with van der Waals surface area (Å²) in [6.45, 7) is 6.61. The molecule has 0 aromatic heterocycles. The van der Waals surface area contributed by atoms with E-state index in [-0.39, 0.29) is 31.1 Å². The van der Waals surface area contributed by atoms with Crippen molar-refractivity contribution in [3.63, 3.8) is 0 Å². The second kappa shape index (κ2) is 49.3. The third-order valence-electron chi connectivity index (χ3n) is 11.5. The highest BCUT2D eigenvalue weighted by Gasteiger charge is 2.19. The van der Waals surface area contributed by atoms with Crippen LogP contribution >= 0.6 is 0 Å². The lowest BCUT2D eigenvalue weighted by Crippen LogP contribution is -2.30. The zero-order valence-corrected chi connectivity index (χ0v) is 40.0. The van der Waals surface area contributed by atoms with Crippen molar-refractivity contribution in [3.05, 3.63) is 36.5 Å². The van der Waals surface area contributed by atoms with E-state index in [4.69, 9.17) is 14.2 Å². The minimum Gasteiger partial charge on any atom is -0.462 e. The van der Waals surface area contributed by atoms with Gasteiger partial charge in [-0.05, 0) is 44.9 Å². The molecule has 0 amide bonds. The van der Waals surface area contributed by atoms with Crippen molar-refractivity contribution in [2.24, 2.45) is 0 Å². The topological polar surface area (TPSA) is 78.9 Å². The number of hydrogen-bond acceptors (Lipinski definition) is 6. The van der Waals surface area contributed by atoms with Gasteiger partial charge in [0.15, 0.2) is 6.10 Å².